The number of ether oxygens (including phenoxy) is 2. The molecule has 0 bridgehead atoms. The number of nitrogens with one attached hydrogen (secondary N) is 1. The van der Waals surface area contributed by atoms with Crippen molar-refractivity contribution >= 4 is 0 Å². The summed E-state index contributed by atoms with van der Waals surface area (Å²) in [5, 5.41) is 3.67. The summed E-state index contributed by atoms with van der Waals surface area (Å²) in [6.07, 6.45) is 3.04. The molecule has 4 heteroatoms. The van der Waals surface area contributed by atoms with Crippen LogP contribution in [-0.4, -0.2) is 63.0 Å². The van der Waals surface area contributed by atoms with Gasteiger partial charge in [0.1, 0.15) is 0 Å². The monoisotopic (exact) mass is 256 g/mol. The minimum Gasteiger partial charge on any atom is -0.378 e. The topological polar surface area (TPSA) is 33.7 Å². The van der Waals surface area contributed by atoms with E-state index in [9.17, 15) is 0 Å². The highest BCUT2D eigenvalue weighted by molar-refractivity contribution is 4.81. The van der Waals surface area contributed by atoms with Gasteiger partial charge in [0, 0.05) is 32.3 Å². The van der Waals surface area contributed by atoms with Crippen molar-refractivity contribution in [3.8, 4) is 0 Å². The lowest BCUT2D eigenvalue weighted by atomic mass is 9.95. The first-order chi connectivity index (χ1) is 8.65. The molecule has 0 aromatic rings. The van der Waals surface area contributed by atoms with Crippen molar-refractivity contribution in [1.29, 1.82) is 0 Å². The predicted molar refractivity (Wildman–Crippen MR) is 72.8 cm³/mol. The number of hydrogen-bond donors (Lipinski definition) is 1. The molecule has 2 aliphatic rings. The first kappa shape index (κ1) is 14.3. The highest BCUT2D eigenvalue weighted by Crippen LogP contribution is 2.20. The maximum atomic E-state index is 5.80. The van der Waals surface area contributed by atoms with E-state index >= 15 is 0 Å². The Morgan fingerprint density at radius 3 is 2.83 bits per heavy atom. The number of rotatable bonds is 4. The standard InChI is InChI=1S/C14H28N2O2/c1-11(2)14-8-12(4-6-18-14)15-9-13-10-16(3)5-7-17-13/h11-15H,4-10H2,1-3H3. The van der Waals surface area contributed by atoms with Gasteiger partial charge in [-0.2, -0.15) is 0 Å². The summed E-state index contributed by atoms with van der Waals surface area (Å²) in [7, 11) is 2.17. The van der Waals surface area contributed by atoms with Crippen molar-refractivity contribution in [2.75, 3.05) is 39.9 Å². The molecule has 0 aromatic carbocycles. The molecule has 106 valence electrons. The smallest absolute Gasteiger partial charge is 0.0826 e. The Morgan fingerprint density at radius 2 is 2.11 bits per heavy atom. The van der Waals surface area contributed by atoms with E-state index < -0.39 is 0 Å². The maximum absolute atomic E-state index is 5.80. The van der Waals surface area contributed by atoms with Crippen LogP contribution in [0.1, 0.15) is 26.7 Å². The van der Waals surface area contributed by atoms with Gasteiger partial charge in [0.25, 0.3) is 0 Å². The molecule has 2 fully saturated rings. The van der Waals surface area contributed by atoms with Crippen molar-refractivity contribution in [1.82, 2.24) is 10.2 Å². The fraction of sp³-hybridized carbons (Fsp3) is 1.00. The van der Waals surface area contributed by atoms with Gasteiger partial charge < -0.3 is 19.7 Å². The Balaban J connectivity index is 1.69. The number of likely N-dealkylation sites (N-methyl/N-ethyl adjacent to an activating group) is 1. The Hall–Kier alpha value is -0.160. The second-order valence-corrected chi connectivity index (χ2v) is 6.04. The van der Waals surface area contributed by atoms with E-state index in [1.807, 2.05) is 0 Å². The Morgan fingerprint density at radius 1 is 1.28 bits per heavy atom. The molecule has 0 aliphatic carbocycles. The van der Waals surface area contributed by atoms with Crippen LogP contribution >= 0.6 is 0 Å². The highest BCUT2D eigenvalue weighted by Gasteiger charge is 2.26. The molecule has 0 radical (unpaired) electrons. The van der Waals surface area contributed by atoms with E-state index in [1.54, 1.807) is 0 Å². The summed E-state index contributed by atoms with van der Waals surface area (Å²) in [5.74, 6) is 0.617. The SMILES string of the molecule is CC(C)C1CC(NCC2CN(C)CCO2)CCO1. The van der Waals surface area contributed by atoms with E-state index in [0.717, 1.165) is 45.7 Å². The van der Waals surface area contributed by atoms with E-state index in [1.165, 1.54) is 0 Å². The van der Waals surface area contributed by atoms with Crippen molar-refractivity contribution in [3.05, 3.63) is 0 Å². The van der Waals surface area contributed by atoms with Gasteiger partial charge >= 0.3 is 0 Å². The second-order valence-electron chi connectivity index (χ2n) is 6.04. The van der Waals surface area contributed by atoms with Gasteiger partial charge in [-0.25, -0.2) is 0 Å². The average molecular weight is 256 g/mol. The number of hydrogen-bond acceptors (Lipinski definition) is 4. The summed E-state index contributed by atoms with van der Waals surface area (Å²) in [6.45, 7) is 9.32. The van der Waals surface area contributed by atoms with Gasteiger partial charge in [-0.1, -0.05) is 13.8 Å². The van der Waals surface area contributed by atoms with Crippen molar-refractivity contribution in [2.24, 2.45) is 5.92 Å². The van der Waals surface area contributed by atoms with E-state index in [0.29, 0.717) is 24.2 Å². The van der Waals surface area contributed by atoms with Crippen LogP contribution in [0.3, 0.4) is 0 Å². The molecule has 2 heterocycles. The Bertz CT molecular complexity index is 248. The lowest BCUT2D eigenvalue weighted by Gasteiger charge is -2.35. The molecule has 3 atom stereocenters. The lowest BCUT2D eigenvalue weighted by Crippen LogP contribution is -2.48. The first-order valence-electron chi connectivity index (χ1n) is 7.30. The zero-order valence-electron chi connectivity index (χ0n) is 12.0. The molecule has 1 N–H and O–H groups in total. The minimum atomic E-state index is 0.351. The molecule has 2 aliphatic heterocycles. The quantitative estimate of drug-likeness (QED) is 0.817. The third-order valence-electron chi connectivity index (χ3n) is 4.03. The molecule has 18 heavy (non-hydrogen) atoms. The molecular weight excluding hydrogens is 228 g/mol. The first-order valence-corrected chi connectivity index (χ1v) is 7.30. The summed E-state index contributed by atoms with van der Waals surface area (Å²) in [5.41, 5.74) is 0. The zero-order chi connectivity index (χ0) is 13.0. The molecule has 2 rings (SSSR count). The fourth-order valence-electron chi connectivity index (χ4n) is 2.77. The van der Waals surface area contributed by atoms with E-state index in [2.05, 4.69) is 31.1 Å². The van der Waals surface area contributed by atoms with Gasteiger partial charge in [-0.15, -0.1) is 0 Å². The van der Waals surface area contributed by atoms with Crippen LogP contribution in [0.15, 0.2) is 0 Å². The molecule has 0 saturated carbocycles. The third kappa shape index (κ3) is 4.19. The van der Waals surface area contributed by atoms with Crippen molar-refractivity contribution in [3.63, 3.8) is 0 Å². The van der Waals surface area contributed by atoms with Crippen LogP contribution in [0.25, 0.3) is 0 Å². The van der Waals surface area contributed by atoms with Crippen LogP contribution in [0, 0.1) is 5.92 Å². The predicted octanol–water partition coefficient (Wildman–Crippen LogP) is 1.11. The van der Waals surface area contributed by atoms with Crippen LogP contribution in [0.2, 0.25) is 0 Å². The lowest BCUT2D eigenvalue weighted by molar-refractivity contribution is -0.0375. The molecule has 3 unspecified atom stereocenters. The van der Waals surface area contributed by atoms with Gasteiger partial charge in [0.2, 0.25) is 0 Å². The summed E-state index contributed by atoms with van der Waals surface area (Å²) < 4.78 is 11.6. The van der Waals surface area contributed by atoms with Gasteiger partial charge in [-0.3, -0.25) is 0 Å². The zero-order valence-corrected chi connectivity index (χ0v) is 12.0. The van der Waals surface area contributed by atoms with Crippen molar-refractivity contribution in [2.45, 2.75) is 44.9 Å². The number of morpholine rings is 1. The summed E-state index contributed by atoms with van der Waals surface area (Å²) in [4.78, 5) is 2.34. The molecule has 4 nitrogen and oxygen atoms in total. The van der Waals surface area contributed by atoms with Crippen LogP contribution in [-0.2, 0) is 9.47 Å². The van der Waals surface area contributed by atoms with Crippen molar-refractivity contribution < 1.29 is 9.47 Å². The van der Waals surface area contributed by atoms with Gasteiger partial charge in [-0.05, 0) is 25.8 Å². The maximum Gasteiger partial charge on any atom is 0.0826 e. The fourth-order valence-corrected chi connectivity index (χ4v) is 2.77. The van der Waals surface area contributed by atoms with Gasteiger partial charge in [0.15, 0.2) is 0 Å². The Labute approximate surface area is 111 Å². The minimum absolute atomic E-state index is 0.351. The largest absolute Gasteiger partial charge is 0.378 e. The molecule has 2 saturated heterocycles. The second kappa shape index (κ2) is 6.85. The molecule has 0 aromatic heterocycles. The normalized spacial score (nSPS) is 35.0. The molecule has 0 spiro atoms. The van der Waals surface area contributed by atoms with E-state index in [-0.39, 0.29) is 0 Å². The third-order valence-corrected chi connectivity index (χ3v) is 4.03. The van der Waals surface area contributed by atoms with Crippen LogP contribution in [0.4, 0.5) is 0 Å². The molecule has 0 amide bonds. The molecular formula is C14H28N2O2. The number of nitrogens with zero attached hydrogens (tertiary/aromatic N) is 1. The van der Waals surface area contributed by atoms with E-state index in [4.69, 9.17) is 9.47 Å². The van der Waals surface area contributed by atoms with Crippen LogP contribution < -0.4 is 5.32 Å². The Kier molecular flexibility index (Phi) is 5.42. The summed E-state index contributed by atoms with van der Waals surface area (Å²) in [6, 6.07) is 0.599. The van der Waals surface area contributed by atoms with Crippen LogP contribution in [0.5, 0.6) is 0 Å². The average Bonchev–Trinajstić information content (AvgIpc) is 2.37. The summed E-state index contributed by atoms with van der Waals surface area (Å²) >= 11 is 0. The van der Waals surface area contributed by atoms with Gasteiger partial charge in [0.05, 0.1) is 18.8 Å². The highest BCUT2D eigenvalue weighted by atomic mass is 16.5.